The first kappa shape index (κ1) is 27.1. The second-order valence-electron chi connectivity index (χ2n) is 9.64. The van der Waals surface area contributed by atoms with Gasteiger partial charge in [0.05, 0.1) is 23.6 Å². The van der Waals surface area contributed by atoms with E-state index in [2.05, 4.69) is 6.07 Å². The van der Waals surface area contributed by atoms with Crippen LogP contribution in [0.3, 0.4) is 0 Å². The number of rotatable bonds is 9. The normalized spacial score (nSPS) is 15.7. The van der Waals surface area contributed by atoms with Crippen molar-refractivity contribution in [3.05, 3.63) is 114 Å². The van der Waals surface area contributed by atoms with Crippen molar-refractivity contribution >= 4 is 32.8 Å². The van der Waals surface area contributed by atoms with Gasteiger partial charge in [-0.3, -0.25) is 4.79 Å². The molecule has 202 valence electrons. The van der Waals surface area contributed by atoms with Crippen LogP contribution in [0.15, 0.2) is 102 Å². The fraction of sp³-hybridized carbons (Fsp3) is 0.188. The van der Waals surface area contributed by atoms with Crippen molar-refractivity contribution in [1.29, 1.82) is 5.26 Å². The Kier molecular flexibility index (Phi) is 7.96. The van der Waals surface area contributed by atoms with E-state index in [0.717, 1.165) is 21.9 Å². The highest BCUT2D eigenvalue weighted by atomic mass is 32.2. The Morgan fingerprint density at radius 3 is 2.58 bits per heavy atom. The van der Waals surface area contributed by atoms with Crippen LogP contribution >= 0.6 is 0 Å². The summed E-state index contributed by atoms with van der Waals surface area (Å²) in [6.45, 7) is 0.777. The van der Waals surface area contributed by atoms with Gasteiger partial charge in [-0.1, -0.05) is 66.7 Å². The van der Waals surface area contributed by atoms with Crippen molar-refractivity contribution < 1.29 is 17.9 Å². The summed E-state index contributed by atoms with van der Waals surface area (Å²) < 4.78 is 34.8. The summed E-state index contributed by atoms with van der Waals surface area (Å²) in [5.74, 6) is 0.383. The Morgan fingerprint density at radius 2 is 1.80 bits per heavy atom. The Hall–Kier alpha value is -4.45. The van der Waals surface area contributed by atoms with Gasteiger partial charge in [0.2, 0.25) is 15.9 Å². The second kappa shape index (κ2) is 11.7. The number of likely N-dealkylation sites (tertiary alicyclic amines) is 1. The first-order valence-corrected chi connectivity index (χ1v) is 14.4. The SMILES string of the molecule is COc1ccc2ccc(S(=O)(=O)N(CC=Cc3ccccc3)[C@H]3CCN(Cc4cccc(C#N)c4)C3=O)cc2c1. The summed E-state index contributed by atoms with van der Waals surface area (Å²) in [7, 11) is -2.47. The number of amides is 1. The number of fused-ring (bicyclic) bond motifs is 1. The van der Waals surface area contributed by atoms with Gasteiger partial charge in [0.25, 0.3) is 0 Å². The number of nitriles is 1. The lowest BCUT2D eigenvalue weighted by Gasteiger charge is -2.26. The van der Waals surface area contributed by atoms with Crippen LogP contribution in [-0.2, 0) is 21.4 Å². The lowest BCUT2D eigenvalue weighted by molar-refractivity contribution is -0.131. The molecule has 1 fully saturated rings. The van der Waals surface area contributed by atoms with Crippen molar-refractivity contribution in [2.75, 3.05) is 20.2 Å². The molecule has 0 radical (unpaired) electrons. The molecular weight excluding hydrogens is 522 g/mol. The van der Waals surface area contributed by atoms with Crippen LogP contribution < -0.4 is 4.74 Å². The summed E-state index contributed by atoms with van der Waals surface area (Å²) in [4.78, 5) is 15.4. The molecule has 0 spiro atoms. The quantitative estimate of drug-likeness (QED) is 0.284. The van der Waals surface area contributed by atoms with Gasteiger partial charge >= 0.3 is 0 Å². The van der Waals surface area contributed by atoms with E-state index < -0.39 is 16.1 Å². The fourth-order valence-corrected chi connectivity index (χ4v) is 6.58. The highest BCUT2D eigenvalue weighted by Crippen LogP contribution is 2.29. The predicted octanol–water partition coefficient (Wildman–Crippen LogP) is 5.23. The lowest BCUT2D eigenvalue weighted by Crippen LogP contribution is -2.45. The number of nitrogens with zero attached hydrogens (tertiary/aromatic N) is 3. The first-order valence-electron chi connectivity index (χ1n) is 13.0. The molecule has 1 aliphatic heterocycles. The largest absolute Gasteiger partial charge is 0.497 e. The maximum absolute atomic E-state index is 14.1. The minimum Gasteiger partial charge on any atom is -0.497 e. The third kappa shape index (κ3) is 5.76. The van der Waals surface area contributed by atoms with Gasteiger partial charge in [0.1, 0.15) is 11.8 Å². The monoisotopic (exact) mass is 551 g/mol. The van der Waals surface area contributed by atoms with E-state index in [1.165, 1.54) is 4.31 Å². The van der Waals surface area contributed by atoms with Gasteiger partial charge in [-0.2, -0.15) is 9.57 Å². The molecular formula is C32H29N3O4S. The molecule has 40 heavy (non-hydrogen) atoms. The molecule has 1 saturated heterocycles. The number of benzene rings is 4. The van der Waals surface area contributed by atoms with Crippen LogP contribution in [0.4, 0.5) is 0 Å². The lowest BCUT2D eigenvalue weighted by atomic mass is 10.1. The van der Waals surface area contributed by atoms with Gasteiger partial charge in [-0.25, -0.2) is 8.42 Å². The van der Waals surface area contributed by atoms with Crippen LogP contribution in [0.2, 0.25) is 0 Å². The summed E-state index contributed by atoms with van der Waals surface area (Å²) in [5, 5.41) is 10.9. The summed E-state index contributed by atoms with van der Waals surface area (Å²) in [6.07, 6.45) is 4.01. The van der Waals surface area contributed by atoms with Gasteiger partial charge in [-0.15, -0.1) is 0 Å². The molecule has 0 N–H and O–H groups in total. The minimum absolute atomic E-state index is 0.0432. The number of methoxy groups -OCH3 is 1. The molecule has 0 bridgehead atoms. The molecule has 0 aliphatic carbocycles. The van der Waals surface area contributed by atoms with Crippen molar-refractivity contribution in [2.24, 2.45) is 0 Å². The Balaban J connectivity index is 1.46. The Bertz CT molecular complexity index is 1710. The smallest absolute Gasteiger partial charge is 0.244 e. The van der Waals surface area contributed by atoms with Crippen LogP contribution in [-0.4, -0.2) is 49.8 Å². The van der Waals surface area contributed by atoms with E-state index in [1.807, 2.05) is 54.6 Å². The molecule has 1 heterocycles. The Morgan fingerprint density at radius 1 is 1.00 bits per heavy atom. The fourth-order valence-electron chi connectivity index (χ4n) is 4.98. The highest BCUT2D eigenvalue weighted by Gasteiger charge is 2.41. The number of sulfonamides is 1. The van der Waals surface area contributed by atoms with Crippen molar-refractivity contribution in [3.8, 4) is 11.8 Å². The molecule has 4 aromatic rings. The minimum atomic E-state index is -4.04. The molecule has 7 nitrogen and oxygen atoms in total. The zero-order valence-electron chi connectivity index (χ0n) is 22.1. The number of carbonyl (C=O) groups excluding carboxylic acids is 1. The number of hydrogen-bond acceptors (Lipinski definition) is 5. The van der Waals surface area contributed by atoms with E-state index in [1.54, 1.807) is 60.6 Å². The topological polar surface area (TPSA) is 90.7 Å². The van der Waals surface area contributed by atoms with E-state index in [0.29, 0.717) is 30.8 Å². The predicted molar refractivity (Wildman–Crippen MR) is 155 cm³/mol. The molecule has 1 amide bonds. The molecule has 1 atom stereocenters. The molecule has 8 heteroatoms. The van der Waals surface area contributed by atoms with Crippen molar-refractivity contribution in [1.82, 2.24) is 9.21 Å². The molecule has 4 aromatic carbocycles. The molecule has 5 rings (SSSR count). The molecule has 0 unspecified atom stereocenters. The van der Waals surface area contributed by atoms with Crippen LogP contribution in [0.5, 0.6) is 5.75 Å². The van der Waals surface area contributed by atoms with Gasteiger partial charge in [0, 0.05) is 19.6 Å². The number of carbonyl (C=O) groups is 1. The molecule has 0 saturated carbocycles. The summed E-state index contributed by atoms with van der Waals surface area (Å²) in [5.41, 5.74) is 2.29. The van der Waals surface area contributed by atoms with Gasteiger partial charge < -0.3 is 9.64 Å². The second-order valence-corrected chi connectivity index (χ2v) is 11.5. The average Bonchev–Trinajstić information content (AvgIpc) is 3.34. The zero-order valence-corrected chi connectivity index (χ0v) is 22.9. The summed E-state index contributed by atoms with van der Waals surface area (Å²) >= 11 is 0. The van der Waals surface area contributed by atoms with Crippen LogP contribution in [0, 0.1) is 11.3 Å². The summed E-state index contributed by atoms with van der Waals surface area (Å²) in [6, 6.07) is 28.5. The third-order valence-electron chi connectivity index (χ3n) is 7.07. The maximum Gasteiger partial charge on any atom is 0.244 e. The van der Waals surface area contributed by atoms with Crippen LogP contribution in [0.25, 0.3) is 16.8 Å². The van der Waals surface area contributed by atoms with Crippen molar-refractivity contribution in [2.45, 2.75) is 23.9 Å². The van der Waals surface area contributed by atoms with Gasteiger partial charge in [-0.05, 0) is 64.7 Å². The number of ether oxygens (including phenoxy) is 1. The van der Waals surface area contributed by atoms with E-state index in [-0.39, 0.29) is 17.3 Å². The van der Waals surface area contributed by atoms with Crippen molar-refractivity contribution in [3.63, 3.8) is 0 Å². The zero-order chi connectivity index (χ0) is 28.1. The van der Waals surface area contributed by atoms with E-state index in [9.17, 15) is 18.5 Å². The number of hydrogen-bond donors (Lipinski definition) is 0. The Labute approximate surface area is 234 Å². The maximum atomic E-state index is 14.1. The molecule has 1 aliphatic rings. The highest BCUT2D eigenvalue weighted by molar-refractivity contribution is 7.89. The van der Waals surface area contributed by atoms with Crippen LogP contribution in [0.1, 0.15) is 23.1 Å². The van der Waals surface area contributed by atoms with Gasteiger partial charge in [0.15, 0.2) is 0 Å². The standard InChI is InChI=1S/C32H29N3O4S/c1-39-29-14-12-27-13-15-30(21-28(27)20-29)40(37,38)35(17-6-11-24-7-3-2-4-8-24)31-16-18-34(32(31)36)23-26-10-5-9-25(19-26)22-33/h2-15,19-21,31H,16-18,23H2,1H3/t31-/m0/s1. The van der Waals surface area contributed by atoms with E-state index in [4.69, 9.17) is 4.74 Å². The molecule has 0 aromatic heterocycles. The first-order chi connectivity index (χ1) is 19.4. The third-order valence-corrected chi connectivity index (χ3v) is 8.94. The van der Waals surface area contributed by atoms with E-state index >= 15 is 0 Å². The average molecular weight is 552 g/mol.